The summed E-state index contributed by atoms with van der Waals surface area (Å²) in [6.45, 7) is 1.43. The molecule has 1 aromatic heterocycles. The molecule has 8 heteroatoms. The molecular weight excluding hydrogens is 446 g/mol. The fourth-order valence-electron chi connectivity index (χ4n) is 4.70. The first-order chi connectivity index (χ1) is 16.2. The van der Waals surface area contributed by atoms with Crippen molar-refractivity contribution < 1.29 is 22.4 Å². The van der Waals surface area contributed by atoms with Crippen LogP contribution in [0.5, 0.6) is 0 Å². The van der Waals surface area contributed by atoms with Gasteiger partial charge in [-0.1, -0.05) is 43.3 Å². The van der Waals surface area contributed by atoms with Gasteiger partial charge in [0, 0.05) is 18.2 Å². The lowest BCUT2D eigenvalue weighted by atomic mass is 9.83. The Morgan fingerprint density at radius 3 is 2.44 bits per heavy atom. The number of amides is 1. The molecule has 0 aliphatic heterocycles. The highest BCUT2D eigenvalue weighted by Crippen LogP contribution is 2.69. The monoisotopic (exact) mass is 467 g/mol. The van der Waals surface area contributed by atoms with Crippen molar-refractivity contribution in [1.29, 1.82) is 0 Å². The third-order valence-electron chi connectivity index (χ3n) is 6.57. The highest BCUT2D eigenvalue weighted by atomic mass is 19.3. The molecule has 174 valence electrons. The van der Waals surface area contributed by atoms with Crippen LogP contribution in [0.25, 0.3) is 16.6 Å². The minimum Gasteiger partial charge on any atom is -0.295 e. The molecule has 4 aromatic rings. The number of alkyl halides is 3. The van der Waals surface area contributed by atoms with Gasteiger partial charge < -0.3 is 0 Å². The van der Waals surface area contributed by atoms with Crippen molar-refractivity contribution in [2.75, 3.05) is 0 Å². The van der Waals surface area contributed by atoms with Crippen LogP contribution in [0.2, 0.25) is 0 Å². The lowest BCUT2D eigenvalue weighted by molar-refractivity contribution is -0.150. The second-order valence-corrected chi connectivity index (χ2v) is 8.53. The van der Waals surface area contributed by atoms with Gasteiger partial charge in [-0.15, -0.1) is 0 Å². The van der Waals surface area contributed by atoms with Crippen LogP contribution in [0, 0.1) is 5.82 Å². The molecule has 4 nitrogen and oxygen atoms in total. The van der Waals surface area contributed by atoms with E-state index in [1.807, 2.05) is 0 Å². The molecule has 1 heterocycles. The molecular formula is C26H21F4N3O. The van der Waals surface area contributed by atoms with Gasteiger partial charge in [-0.2, -0.15) is 13.9 Å². The van der Waals surface area contributed by atoms with Crippen molar-refractivity contribution in [2.24, 2.45) is 0 Å². The van der Waals surface area contributed by atoms with Crippen LogP contribution in [0.1, 0.15) is 30.9 Å². The first kappa shape index (κ1) is 22.1. The first-order valence-corrected chi connectivity index (χ1v) is 10.9. The van der Waals surface area contributed by atoms with E-state index in [1.165, 1.54) is 19.1 Å². The SMILES string of the molecule is CCC(=O)NC(F)(F)C1(F)CC1(c1ccccc1)c1ccc2c(cnn2-c2ccc(F)cc2)c1. The summed E-state index contributed by atoms with van der Waals surface area (Å²) in [5.74, 6) is -1.30. The van der Waals surface area contributed by atoms with Crippen molar-refractivity contribution in [3.63, 3.8) is 0 Å². The first-order valence-electron chi connectivity index (χ1n) is 10.9. The molecule has 34 heavy (non-hydrogen) atoms. The zero-order valence-electron chi connectivity index (χ0n) is 18.2. The Balaban J connectivity index is 1.62. The number of aromatic nitrogens is 2. The van der Waals surface area contributed by atoms with E-state index in [-0.39, 0.29) is 12.2 Å². The minimum absolute atomic E-state index is 0.182. The Labute approximate surface area is 193 Å². The quantitative estimate of drug-likeness (QED) is 0.293. The summed E-state index contributed by atoms with van der Waals surface area (Å²) in [6.07, 6.45) is 0.886. The number of hydrogen-bond donors (Lipinski definition) is 1. The Kier molecular flexibility index (Phi) is 5.00. The lowest BCUT2D eigenvalue weighted by Crippen LogP contribution is -2.52. The maximum Gasteiger partial charge on any atom is 0.360 e. The summed E-state index contributed by atoms with van der Waals surface area (Å²) in [7, 11) is 0. The highest BCUT2D eigenvalue weighted by molar-refractivity contribution is 5.82. The van der Waals surface area contributed by atoms with E-state index in [2.05, 4.69) is 5.10 Å². The summed E-state index contributed by atoms with van der Waals surface area (Å²) >= 11 is 0. The summed E-state index contributed by atoms with van der Waals surface area (Å²) in [5.41, 5.74) is -2.61. The molecule has 1 amide bonds. The second-order valence-electron chi connectivity index (χ2n) is 8.53. The normalized spacial score (nSPS) is 22.0. The molecule has 0 bridgehead atoms. The second kappa shape index (κ2) is 7.68. The van der Waals surface area contributed by atoms with Gasteiger partial charge in [0.2, 0.25) is 11.6 Å². The van der Waals surface area contributed by atoms with E-state index in [4.69, 9.17) is 0 Å². The molecule has 2 atom stereocenters. The maximum atomic E-state index is 16.2. The Morgan fingerprint density at radius 1 is 1.06 bits per heavy atom. The summed E-state index contributed by atoms with van der Waals surface area (Å²) in [6, 6.07) is 15.0. The van der Waals surface area contributed by atoms with Gasteiger partial charge in [0.25, 0.3) is 0 Å². The number of halogens is 4. The molecule has 0 radical (unpaired) electrons. The average Bonchev–Trinajstić information content (AvgIpc) is 3.30. The third-order valence-corrected chi connectivity index (χ3v) is 6.57. The number of hydrogen-bond acceptors (Lipinski definition) is 2. The molecule has 1 saturated carbocycles. The summed E-state index contributed by atoms with van der Waals surface area (Å²) in [4.78, 5) is 11.7. The number of carbonyl (C=O) groups is 1. The predicted molar refractivity (Wildman–Crippen MR) is 120 cm³/mol. The zero-order valence-corrected chi connectivity index (χ0v) is 18.2. The maximum absolute atomic E-state index is 16.2. The number of carbonyl (C=O) groups excluding carboxylic acids is 1. The van der Waals surface area contributed by atoms with Crippen molar-refractivity contribution in [2.45, 2.75) is 36.9 Å². The van der Waals surface area contributed by atoms with Gasteiger partial charge in [0.05, 0.1) is 22.8 Å². The van der Waals surface area contributed by atoms with Crippen LogP contribution in [-0.4, -0.2) is 27.4 Å². The van der Waals surface area contributed by atoms with Gasteiger partial charge in [0.1, 0.15) is 5.82 Å². The number of fused-ring (bicyclic) bond motifs is 1. The summed E-state index contributed by atoms with van der Waals surface area (Å²) in [5, 5.41) is 6.54. The van der Waals surface area contributed by atoms with E-state index in [9.17, 15) is 9.18 Å². The minimum atomic E-state index is -4.07. The van der Waals surface area contributed by atoms with Crippen molar-refractivity contribution >= 4 is 16.8 Å². The van der Waals surface area contributed by atoms with Crippen molar-refractivity contribution in [1.82, 2.24) is 15.1 Å². The number of rotatable bonds is 6. The number of nitrogens with one attached hydrogen (secondary N) is 1. The standard InChI is InChI=1S/C26H21F4N3O/c1-2-23(34)32-26(29,30)25(28)16-24(25,18-6-4-3-5-7-18)19-8-13-22-17(14-19)15-31-33(22)21-11-9-20(27)10-12-21/h3-15H,2,16H2,1H3,(H,32,34). The molecule has 1 N–H and O–H groups in total. The molecule has 1 fully saturated rings. The molecule has 1 aliphatic carbocycles. The van der Waals surface area contributed by atoms with E-state index < -0.39 is 29.5 Å². The van der Waals surface area contributed by atoms with E-state index in [0.717, 1.165) is 0 Å². The van der Waals surface area contributed by atoms with Gasteiger partial charge >= 0.3 is 6.05 Å². The molecule has 1 aliphatic rings. The van der Waals surface area contributed by atoms with Gasteiger partial charge in [-0.3, -0.25) is 10.1 Å². The van der Waals surface area contributed by atoms with Crippen LogP contribution < -0.4 is 5.32 Å². The Bertz CT molecular complexity index is 1370. The number of benzene rings is 3. The molecule has 5 rings (SSSR count). The van der Waals surface area contributed by atoms with Crippen LogP contribution in [-0.2, 0) is 10.2 Å². The lowest BCUT2D eigenvalue weighted by Gasteiger charge is -2.28. The predicted octanol–water partition coefficient (Wildman–Crippen LogP) is 5.68. The largest absolute Gasteiger partial charge is 0.360 e. The summed E-state index contributed by atoms with van der Waals surface area (Å²) < 4.78 is 61.3. The van der Waals surface area contributed by atoms with Gasteiger partial charge in [-0.05, 0) is 47.5 Å². The van der Waals surface area contributed by atoms with Crippen LogP contribution in [0.3, 0.4) is 0 Å². The van der Waals surface area contributed by atoms with Gasteiger partial charge in [-0.25, -0.2) is 13.5 Å². The zero-order chi connectivity index (χ0) is 24.1. The topological polar surface area (TPSA) is 46.9 Å². The van der Waals surface area contributed by atoms with Gasteiger partial charge in [0.15, 0.2) is 0 Å². The van der Waals surface area contributed by atoms with Crippen molar-refractivity contribution in [3.05, 3.63) is 95.9 Å². The Morgan fingerprint density at radius 2 is 1.76 bits per heavy atom. The smallest absolute Gasteiger partial charge is 0.295 e. The average molecular weight is 467 g/mol. The number of nitrogens with zero attached hydrogens (tertiary/aromatic N) is 2. The van der Waals surface area contributed by atoms with E-state index in [1.54, 1.807) is 76.9 Å². The van der Waals surface area contributed by atoms with Crippen LogP contribution in [0.15, 0.2) is 79.0 Å². The van der Waals surface area contributed by atoms with Crippen molar-refractivity contribution in [3.8, 4) is 5.69 Å². The fourth-order valence-corrected chi connectivity index (χ4v) is 4.70. The molecule has 2 unspecified atom stereocenters. The molecule has 3 aromatic carbocycles. The van der Waals surface area contributed by atoms with E-state index >= 15 is 13.2 Å². The highest BCUT2D eigenvalue weighted by Gasteiger charge is 2.82. The third kappa shape index (κ3) is 3.20. The fraction of sp³-hybridized carbons (Fsp3) is 0.231. The van der Waals surface area contributed by atoms with E-state index in [0.29, 0.717) is 27.7 Å². The van der Waals surface area contributed by atoms with Crippen LogP contribution in [0.4, 0.5) is 17.6 Å². The molecule has 0 saturated heterocycles. The Hall–Kier alpha value is -3.68. The van der Waals surface area contributed by atoms with Crippen LogP contribution >= 0.6 is 0 Å². The molecule has 0 spiro atoms.